The predicted molar refractivity (Wildman–Crippen MR) is 83.9 cm³/mol. The van der Waals surface area contributed by atoms with E-state index in [2.05, 4.69) is 0 Å². The molecule has 1 fully saturated rings. The van der Waals surface area contributed by atoms with Gasteiger partial charge < -0.3 is 25.2 Å². The zero-order chi connectivity index (χ0) is 17.4. The van der Waals surface area contributed by atoms with Crippen LogP contribution in [-0.2, 0) is 16.6 Å². The molecule has 0 saturated heterocycles. The van der Waals surface area contributed by atoms with Crippen LogP contribution < -0.4 is 4.74 Å². The molecule has 0 aromatic heterocycles. The number of phenols is 1. The van der Waals surface area contributed by atoms with Crippen LogP contribution in [0.5, 0.6) is 11.5 Å². The number of aliphatic hydroxyl groups excluding tert-OH is 2. The molecule has 24 heavy (non-hydrogen) atoms. The summed E-state index contributed by atoms with van der Waals surface area (Å²) >= 11 is 0. The van der Waals surface area contributed by atoms with E-state index in [1.807, 2.05) is 6.92 Å². The average molecular weight is 334 g/mol. The second kappa shape index (κ2) is 4.71. The average Bonchev–Trinajstić information content (AvgIpc) is 2.84. The Morgan fingerprint density at radius 1 is 1.42 bits per heavy atom. The fraction of sp³-hybridized carbons (Fsp3) is 0.611. The highest BCUT2D eigenvalue weighted by Crippen LogP contribution is 2.64. The van der Waals surface area contributed by atoms with E-state index in [9.17, 15) is 25.2 Å². The van der Waals surface area contributed by atoms with Crippen LogP contribution in [0.15, 0.2) is 12.1 Å². The Balaban J connectivity index is 2.07. The topological polar surface area (TPSA) is 107 Å². The van der Waals surface area contributed by atoms with Crippen molar-refractivity contribution in [2.24, 2.45) is 5.92 Å². The van der Waals surface area contributed by atoms with Crippen molar-refractivity contribution >= 4 is 5.78 Å². The molecule has 3 aliphatic rings. The quantitative estimate of drug-likeness (QED) is 0.624. The summed E-state index contributed by atoms with van der Waals surface area (Å²) in [6.07, 6.45) is -2.61. The summed E-state index contributed by atoms with van der Waals surface area (Å²) < 4.78 is 5.80. The first kappa shape index (κ1) is 15.9. The number of ether oxygens (including phenoxy) is 1. The number of hydrogen-bond donors (Lipinski definition) is 4. The standard InChI is InChI=1S/C18H22O6/c1-8-5-10-3-4-11(20)15-13(10)17(6-9(2)19)16(24-15)14(22)12(21)7-18(8,17)23/h3-4,8-9,12,16,19-21,23H,5-7H2,1-2H3/t8-,9?,12?,16+,17+,18-/m1/s1. The van der Waals surface area contributed by atoms with E-state index in [0.29, 0.717) is 12.0 Å². The fourth-order valence-electron chi connectivity index (χ4n) is 5.23. The van der Waals surface area contributed by atoms with Gasteiger partial charge in [0.1, 0.15) is 6.10 Å². The fourth-order valence-corrected chi connectivity index (χ4v) is 5.23. The van der Waals surface area contributed by atoms with Crippen LogP contribution in [0.4, 0.5) is 0 Å². The van der Waals surface area contributed by atoms with Gasteiger partial charge in [-0.15, -0.1) is 0 Å². The first-order valence-electron chi connectivity index (χ1n) is 8.36. The molecule has 4 N–H and O–H groups in total. The molecule has 1 aliphatic heterocycles. The van der Waals surface area contributed by atoms with Crippen LogP contribution in [-0.4, -0.2) is 50.1 Å². The van der Waals surface area contributed by atoms with Crippen LogP contribution in [0.1, 0.15) is 37.8 Å². The van der Waals surface area contributed by atoms with E-state index in [1.165, 1.54) is 6.07 Å². The van der Waals surface area contributed by atoms with Gasteiger partial charge in [-0.1, -0.05) is 13.0 Å². The molecule has 1 aromatic carbocycles. The molecule has 2 unspecified atom stereocenters. The Labute approximate surface area is 139 Å². The SMILES string of the molecule is CC(O)C[C@]12c3c4ccc(O)c3O[C@H]1C(=O)C(O)C[C@@]2(O)[C@H](C)C4. The molecule has 6 heteroatoms. The van der Waals surface area contributed by atoms with Crippen molar-refractivity contribution in [1.82, 2.24) is 0 Å². The number of carbonyl (C=O) groups is 1. The first-order valence-corrected chi connectivity index (χ1v) is 8.36. The van der Waals surface area contributed by atoms with Gasteiger partial charge in [0.2, 0.25) is 5.78 Å². The van der Waals surface area contributed by atoms with Crippen molar-refractivity contribution in [3.05, 3.63) is 23.3 Å². The minimum Gasteiger partial charge on any atom is -0.504 e. The molecule has 0 amide bonds. The highest BCUT2D eigenvalue weighted by molar-refractivity contribution is 5.93. The van der Waals surface area contributed by atoms with Crippen LogP contribution >= 0.6 is 0 Å². The lowest BCUT2D eigenvalue weighted by molar-refractivity contribution is -0.186. The summed E-state index contributed by atoms with van der Waals surface area (Å²) in [5.41, 5.74) is -1.02. The molecule has 6 atom stereocenters. The smallest absolute Gasteiger partial charge is 0.202 e. The predicted octanol–water partition coefficient (Wildman–Crippen LogP) is 0.419. The number of ketones is 1. The van der Waals surface area contributed by atoms with E-state index in [-0.39, 0.29) is 30.3 Å². The Bertz CT molecular complexity index is 728. The molecule has 4 rings (SSSR count). The molecular weight excluding hydrogens is 312 g/mol. The summed E-state index contributed by atoms with van der Waals surface area (Å²) in [6, 6.07) is 3.31. The Kier molecular flexibility index (Phi) is 3.12. The molecule has 1 aromatic rings. The number of phenolic OH excluding ortho intramolecular Hbond substituents is 1. The van der Waals surface area contributed by atoms with E-state index < -0.39 is 35.1 Å². The highest BCUT2D eigenvalue weighted by Gasteiger charge is 2.72. The Morgan fingerprint density at radius 3 is 2.79 bits per heavy atom. The number of hydrogen-bond acceptors (Lipinski definition) is 6. The molecular formula is C18H22O6. The third kappa shape index (κ3) is 1.64. The lowest BCUT2D eigenvalue weighted by atomic mass is 9.48. The summed E-state index contributed by atoms with van der Waals surface area (Å²) in [7, 11) is 0. The number of aromatic hydroxyl groups is 1. The van der Waals surface area contributed by atoms with E-state index >= 15 is 0 Å². The normalized spacial score (nSPS) is 40.9. The minimum atomic E-state index is -1.39. The van der Waals surface area contributed by atoms with Crippen molar-refractivity contribution in [2.75, 3.05) is 0 Å². The molecule has 130 valence electrons. The zero-order valence-corrected chi connectivity index (χ0v) is 13.7. The third-order valence-electron chi connectivity index (χ3n) is 6.18. The van der Waals surface area contributed by atoms with Gasteiger partial charge in [0.15, 0.2) is 17.6 Å². The monoisotopic (exact) mass is 334 g/mol. The lowest BCUT2D eigenvalue weighted by Crippen LogP contribution is -2.71. The van der Waals surface area contributed by atoms with Crippen molar-refractivity contribution < 1.29 is 30.0 Å². The number of aliphatic hydroxyl groups is 3. The van der Waals surface area contributed by atoms with Crippen LogP contribution in [0.3, 0.4) is 0 Å². The Morgan fingerprint density at radius 2 is 2.12 bits per heavy atom. The summed E-state index contributed by atoms with van der Waals surface area (Å²) in [5, 5.41) is 42.2. The lowest BCUT2D eigenvalue weighted by Gasteiger charge is -2.57. The van der Waals surface area contributed by atoms with Gasteiger partial charge in [-0.2, -0.15) is 0 Å². The molecule has 1 saturated carbocycles. The van der Waals surface area contributed by atoms with Gasteiger partial charge in [-0.05, 0) is 37.3 Å². The maximum absolute atomic E-state index is 12.7. The van der Waals surface area contributed by atoms with Crippen molar-refractivity contribution in [3.8, 4) is 11.5 Å². The molecule has 0 bridgehead atoms. The maximum atomic E-state index is 12.7. The van der Waals surface area contributed by atoms with Gasteiger partial charge >= 0.3 is 0 Å². The molecule has 2 aliphatic carbocycles. The largest absolute Gasteiger partial charge is 0.504 e. The Hall–Kier alpha value is -1.63. The van der Waals surface area contributed by atoms with Gasteiger partial charge in [-0.25, -0.2) is 0 Å². The second-order valence-corrected chi connectivity index (χ2v) is 7.62. The van der Waals surface area contributed by atoms with E-state index in [4.69, 9.17) is 4.74 Å². The molecule has 0 radical (unpaired) electrons. The number of Topliss-reactive ketones (excluding diaryl/α,β-unsaturated/α-hetero) is 1. The minimum absolute atomic E-state index is 0.0892. The third-order valence-corrected chi connectivity index (χ3v) is 6.18. The van der Waals surface area contributed by atoms with Crippen LogP contribution in [0, 0.1) is 5.92 Å². The second-order valence-electron chi connectivity index (χ2n) is 7.62. The number of rotatable bonds is 2. The van der Waals surface area contributed by atoms with Gasteiger partial charge in [0, 0.05) is 12.0 Å². The van der Waals surface area contributed by atoms with Crippen LogP contribution in [0.2, 0.25) is 0 Å². The van der Waals surface area contributed by atoms with Gasteiger partial charge in [0.25, 0.3) is 0 Å². The number of carbonyl (C=O) groups excluding carboxylic acids is 1. The van der Waals surface area contributed by atoms with E-state index in [1.54, 1.807) is 13.0 Å². The summed E-state index contributed by atoms with van der Waals surface area (Å²) in [6.45, 7) is 3.49. The van der Waals surface area contributed by atoms with Crippen molar-refractivity contribution in [1.29, 1.82) is 0 Å². The molecule has 1 heterocycles. The summed E-state index contributed by atoms with van der Waals surface area (Å²) in [5.74, 6) is -0.623. The highest BCUT2D eigenvalue weighted by atomic mass is 16.5. The van der Waals surface area contributed by atoms with Crippen molar-refractivity contribution in [3.63, 3.8) is 0 Å². The maximum Gasteiger partial charge on any atom is 0.202 e. The van der Waals surface area contributed by atoms with Gasteiger partial charge in [-0.3, -0.25) is 4.79 Å². The van der Waals surface area contributed by atoms with Crippen LogP contribution in [0.25, 0.3) is 0 Å². The number of benzene rings is 1. The first-order chi connectivity index (χ1) is 11.2. The molecule has 0 spiro atoms. The van der Waals surface area contributed by atoms with Gasteiger partial charge in [0.05, 0.1) is 17.1 Å². The summed E-state index contributed by atoms with van der Waals surface area (Å²) in [4.78, 5) is 12.7. The van der Waals surface area contributed by atoms with E-state index in [0.717, 1.165) is 5.56 Å². The zero-order valence-electron chi connectivity index (χ0n) is 13.7. The molecule has 6 nitrogen and oxygen atoms in total. The van der Waals surface area contributed by atoms with Crippen molar-refractivity contribution in [2.45, 2.75) is 62.4 Å².